The Bertz CT molecular complexity index is 1650. The predicted molar refractivity (Wildman–Crippen MR) is 182 cm³/mol. The Morgan fingerprint density at radius 1 is 0.723 bits per heavy atom. The summed E-state index contributed by atoms with van der Waals surface area (Å²) in [7, 11) is -2.33. The molecule has 0 heterocycles. The van der Waals surface area contributed by atoms with Gasteiger partial charge in [-0.2, -0.15) is 0 Å². The van der Waals surface area contributed by atoms with E-state index in [0.29, 0.717) is 22.8 Å². The molecule has 246 valence electrons. The summed E-state index contributed by atoms with van der Waals surface area (Å²) < 4.78 is 31.5. The Morgan fingerprint density at radius 3 is 1.91 bits per heavy atom. The number of alkyl carbamates (subject to hydrolysis) is 1. The molecule has 0 bridgehead atoms. The minimum Gasteiger partial charge on any atom is -0.496 e. The summed E-state index contributed by atoms with van der Waals surface area (Å²) in [5, 5.41) is 6.22. The van der Waals surface area contributed by atoms with Gasteiger partial charge < -0.3 is 24.6 Å². The van der Waals surface area contributed by atoms with Crippen LogP contribution in [-0.2, 0) is 36.4 Å². The van der Waals surface area contributed by atoms with Gasteiger partial charge in [0.05, 0.1) is 18.5 Å². The van der Waals surface area contributed by atoms with E-state index in [0.717, 1.165) is 11.1 Å². The third kappa shape index (κ3) is 10.1. The topological polar surface area (TPSA) is 120 Å². The summed E-state index contributed by atoms with van der Waals surface area (Å²) in [6.45, 7) is 3.35. The molecular weight excluding hydrogens is 615 g/mol. The molecule has 4 aromatic carbocycles. The van der Waals surface area contributed by atoms with Crippen molar-refractivity contribution in [2.45, 2.75) is 45.4 Å². The van der Waals surface area contributed by atoms with Crippen molar-refractivity contribution in [1.82, 2.24) is 10.6 Å². The number of rotatable bonds is 16. The molecule has 0 radical (unpaired) electrons. The van der Waals surface area contributed by atoms with Gasteiger partial charge in [-0.05, 0) is 54.2 Å². The van der Waals surface area contributed by atoms with Gasteiger partial charge in [0.15, 0.2) is 5.78 Å². The first-order valence-corrected chi connectivity index (χ1v) is 17.1. The smallest absolute Gasteiger partial charge is 0.408 e. The van der Waals surface area contributed by atoms with Crippen LogP contribution < -0.4 is 26.0 Å². The van der Waals surface area contributed by atoms with Gasteiger partial charge in [0.1, 0.15) is 25.0 Å². The number of carbonyl (C=O) groups is 3. The van der Waals surface area contributed by atoms with E-state index in [4.69, 9.17) is 14.0 Å². The number of nitrogens with one attached hydrogen (secondary N) is 2. The zero-order valence-electron chi connectivity index (χ0n) is 26.8. The van der Waals surface area contributed by atoms with E-state index in [1.54, 1.807) is 54.6 Å². The standard InChI is InChI=1S/C37H41N2O7P/c1-27(2)23-32(39-37(42)45-25-29-17-9-5-10-18-29)36(41)38-31(24-28-15-7-4-8-16-28)33(40)26-46-47(43,30-19-11-6-12-20-30)35-22-14-13-21-34(35)44-3/h4-22,27,31-32H,23-26H2,1-3H3,(H,38,41)(H,39,42)/t31-,32-,47?/m0/s1. The second-order valence-corrected chi connectivity index (χ2v) is 13.8. The fraction of sp³-hybridized carbons (Fsp3) is 0.270. The number of carbonyl (C=O) groups excluding carboxylic acids is 3. The van der Waals surface area contributed by atoms with E-state index in [1.807, 2.05) is 74.5 Å². The Kier molecular flexibility index (Phi) is 12.9. The van der Waals surface area contributed by atoms with Gasteiger partial charge in [-0.25, -0.2) is 4.79 Å². The predicted octanol–water partition coefficient (Wildman–Crippen LogP) is 5.58. The Labute approximate surface area is 276 Å². The molecule has 4 rings (SSSR count). The van der Waals surface area contributed by atoms with Crippen LogP contribution in [0.2, 0.25) is 0 Å². The lowest BCUT2D eigenvalue weighted by Crippen LogP contribution is -2.53. The SMILES string of the molecule is COc1ccccc1P(=O)(OCC(=O)[C@H](Cc1ccccc1)NC(=O)[C@H](CC(C)C)NC(=O)OCc1ccccc1)c1ccccc1. The zero-order valence-corrected chi connectivity index (χ0v) is 27.7. The Balaban J connectivity index is 1.54. The first-order chi connectivity index (χ1) is 22.7. The number of methoxy groups -OCH3 is 1. The third-order valence-corrected chi connectivity index (χ3v) is 9.88. The maximum absolute atomic E-state index is 14.6. The average Bonchev–Trinajstić information content (AvgIpc) is 3.10. The van der Waals surface area contributed by atoms with Crippen LogP contribution in [0.4, 0.5) is 4.79 Å². The van der Waals surface area contributed by atoms with Gasteiger partial charge in [-0.15, -0.1) is 0 Å². The second-order valence-electron chi connectivity index (χ2n) is 11.4. The van der Waals surface area contributed by atoms with Crippen molar-refractivity contribution in [2.24, 2.45) is 5.92 Å². The molecule has 3 atom stereocenters. The van der Waals surface area contributed by atoms with Gasteiger partial charge in [0.25, 0.3) is 7.37 Å². The van der Waals surface area contributed by atoms with Gasteiger partial charge in [0.2, 0.25) is 5.91 Å². The van der Waals surface area contributed by atoms with E-state index in [1.165, 1.54) is 7.11 Å². The van der Waals surface area contributed by atoms with Crippen LogP contribution in [0.15, 0.2) is 115 Å². The van der Waals surface area contributed by atoms with E-state index < -0.39 is 43.8 Å². The maximum atomic E-state index is 14.6. The number of Topliss-reactive ketones (excluding diaryl/α,β-unsaturated/α-hetero) is 1. The largest absolute Gasteiger partial charge is 0.496 e. The molecule has 9 nitrogen and oxygen atoms in total. The van der Waals surface area contributed by atoms with Crippen LogP contribution in [0.25, 0.3) is 0 Å². The minimum absolute atomic E-state index is 0.0445. The number of hydrogen-bond acceptors (Lipinski definition) is 7. The van der Waals surface area contributed by atoms with Crippen molar-refractivity contribution in [3.63, 3.8) is 0 Å². The molecular formula is C37H41N2O7P. The molecule has 0 saturated heterocycles. The van der Waals surface area contributed by atoms with Gasteiger partial charge in [-0.1, -0.05) is 105 Å². The summed E-state index contributed by atoms with van der Waals surface area (Å²) in [5.74, 6) is -0.615. The van der Waals surface area contributed by atoms with E-state index >= 15 is 0 Å². The van der Waals surface area contributed by atoms with Gasteiger partial charge >= 0.3 is 6.09 Å². The summed E-state index contributed by atoms with van der Waals surface area (Å²) in [4.78, 5) is 40.3. The highest BCUT2D eigenvalue weighted by molar-refractivity contribution is 7.74. The third-order valence-electron chi connectivity index (χ3n) is 7.40. The highest BCUT2D eigenvalue weighted by Crippen LogP contribution is 2.47. The summed E-state index contributed by atoms with van der Waals surface area (Å²) in [6, 6.07) is 31.9. The molecule has 2 amide bonds. The van der Waals surface area contributed by atoms with Gasteiger partial charge in [-0.3, -0.25) is 14.2 Å². The lowest BCUT2D eigenvalue weighted by Gasteiger charge is -2.25. The Hall–Kier alpha value is -4.72. The molecule has 0 fully saturated rings. The fourth-order valence-electron chi connectivity index (χ4n) is 5.01. The van der Waals surface area contributed by atoms with Gasteiger partial charge in [0, 0.05) is 5.30 Å². The highest BCUT2D eigenvalue weighted by atomic mass is 31.2. The van der Waals surface area contributed by atoms with Crippen molar-refractivity contribution >= 4 is 35.8 Å². The molecule has 1 unspecified atom stereocenters. The number of ketones is 1. The lowest BCUT2D eigenvalue weighted by molar-refractivity contribution is -0.130. The number of hydrogen-bond donors (Lipinski definition) is 2. The molecule has 4 aromatic rings. The molecule has 0 aliphatic heterocycles. The van der Waals surface area contributed by atoms with Crippen molar-refractivity contribution < 1.29 is 32.9 Å². The fourth-order valence-corrected chi connectivity index (χ4v) is 7.19. The van der Waals surface area contributed by atoms with Crippen LogP contribution in [0.3, 0.4) is 0 Å². The quantitative estimate of drug-likeness (QED) is 0.151. The van der Waals surface area contributed by atoms with Crippen molar-refractivity contribution in [1.29, 1.82) is 0 Å². The monoisotopic (exact) mass is 656 g/mol. The minimum atomic E-state index is -3.81. The summed E-state index contributed by atoms with van der Waals surface area (Å²) in [6.07, 6.45) is -0.276. The van der Waals surface area contributed by atoms with Crippen LogP contribution >= 0.6 is 7.37 Å². The number of benzene rings is 4. The zero-order chi connectivity index (χ0) is 33.6. The van der Waals surface area contributed by atoms with E-state index in [9.17, 15) is 18.9 Å². The molecule has 47 heavy (non-hydrogen) atoms. The first-order valence-electron chi connectivity index (χ1n) is 15.5. The second kappa shape index (κ2) is 17.3. The average molecular weight is 657 g/mol. The molecule has 2 N–H and O–H groups in total. The lowest BCUT2D eigenvalue weighted by atomic mass is 10.00. The highest BCUT2D eigenvalue weighted by Gasteiger charge is 2.34. The molecule has 0 aliphatic rings. The first kappa shape index (κ1) is 35.1. The van der Waals surface area contributed by atoms with Crippen LogP contribution in [0.1, 0.15) is 31.4 Å². The van der Waals surface area contributed by atoms with Crippen LogP contribution in [-0.4, -0.2) is 43.6 Å². The maximum Gasteiger partial charge on any atom is 0.408 e. The molecule has 0 saturated carbocycles. The summed E-state index contributed by atoms with van der Waals surface area (Å²) >= 11 is 0. The molecule has 0 aliphatic carbocycles. The number of para-hydroxylation sites is 1. The van der Waals surface area contributed by atoms with Crippen molar-refractivity contribution in [3.05, 3.63) is 126 Å². The van der Waals surface area contributed by atoms with Crippen molar-refractivity contribution in [2.75, 3.05) is 13.7 Å². The molecule has 10 heteroatoms. The van der Waals surface area contributed by atoms with E-state index in [-0.39, 0.29) is 18.9 Å². The number of amides is 2. The number of ether oxygens (including phenoxy) is 2. The van der Waals surface area contributed by atoms with Crippen molar-refractivity contribution in [3.8, 4) is 5.75 Å². The Morgan fingerprint density at radius 2 is 1.30 bits per heavy atom. The molecule has 0 spiro atoms. The van der Waals surface area contributed by atoms with Crippen LogP contribution in [0, 0.1) is 5.92 Å². The summed E-state index contributed by atoms with van der Waals surface area (Å²) in [5.41, 5.74) is 1.61. The molecule has 0 aromatic heterocycles. The van der Waals surface area contributed by atoms with Crippen LogP contribution in [0.5, 0.6) is 5.75 Å². The van der Waals surface area contributed by atoms with E-state index in [2.05, 4.69) is 10.6 Å². The normalized spacial score (nSPS) is 13.5.